The smallest absolute Gasteiger partial charge is 0.389 e. The Bertz CT molecular complexity index is 598. The number of hydrogen-bond donors (Lipinski definition) is 1. The number of carboxylic acids is 1. The van der Waals surface area contributed by atoms with Gasteiger partial charge in [0, 0.05) is 39.6 Å². The van der Waals surface area contributed by atoms with Gasteiger partial charge in [0.25, 0.3) is 0 Å². The van der Waals surface area contributed by atoms with Crippen LogP contribution in [0.15, 0.2) is 23.0 Å². The molecule has 0 amide bonds. The third-order valence-corrected chi connectivity index (χ3v) is 4.94. The van der Waals surface area contributed by atoms with E-state index in [0.717, 1.165) is 0 Å². The summed E-state index contributed by atoms with van der Waals surface area (Å²) in [6.45, 7) is 6.70. The van der Waals surface area contributed by atoms with Crippen LogP contribution in [-0.4, -0.2) is 84.6 Å². The molecule has 0 aromatic rings. The number of rotatable bonds is 7. The minimum absolute atomic E-state index is 0.0921. The van der Waals surface area contributed by atoms with Crippen molar-refractivity contribution in [2.75, 3.05) is 46.4 Å². The van der Waals surface area contributed by atoms with E-state index in [1.807, 2.05) is 13.0 Å². The quantitative estimate of drug-likeness (QED) is 0.720. The van der Waals surface area contributed by atoms with Gasteiger partial charge in [-0.15, -0.1) is 0 Å². The van der Waals surface area contributed by atoms with Crippen LogP contribution in [0.1, 0.15) is 26.7 Å². The van der Waals surface area contributed by atoms with Gasteiger partial charge in [-0.05, 0) is 31.9 Å². The fourth-order valence-corrected chi connectivity index (χ4v) is 3.50. The number of ether oxygens (including phenoxy) is 1. The number of halogens is 3. The average Bonchev–Trinajstić information content (AvgIpc) is 2.60. The molecule has 1 N–H and O–H groups in total. The summed E-state index contributed by atoms with van der Waals surface area (Å²) in [6.07, 6.45) is -3.66. The summed E-state index contributed by atoms with van der Waals surface area (Å²) in [5, 5.41) is 9.73. The maximum atomic E-state index is 12.7. The summed E-state index contributed by atoms with van der Waals surface area (Å²) in [5.74, 6) is -0.594. The number of alkyl halides is 3. The standard InChI is InChI=1S/C18H28F3N3O3/c1-4-22(3)16-15(17(25)26)13(2)12-14(23-8-10-27-11-9-23)24(16)7-5-6-18(19,20)21/h12,14H,4-11H2,1-3H3,(H,25,26). The lowest BCUT2D eigenvalue weighted by Crippen LogP contribution is -2.55. The average molecular weight is 391 g/mol. The summed E-state index contributed by atoms with van der Waals surface area (Å²) >= 11 is 0. The van der Waals surface area contributed by atoms with Gasteiger partial charge in [0.2, 0.25) is 0 Å². The van der Waals surface area contributed by atoms with Crippen LogP contribution in [0.5, 0.6) is 0 Å². The van der Waals surface area contributed by atoms with E-state index in [1.54, 1.807) is 23.8 Å². The monoisotopic (exact) mass is 391 g/mol. The summed E-state index contributed by atoms with van der Waals surface area (Å²) < 4.78 is 43.4. The predicted octanol–water partition coefficient (Wildman–Crippen LogP) is 2.50. The maximum Gasteiger partial charge on any atom is 0.389 e. The van der Waals surface area contributed by atoms with Gasteiger partial charge in [-0.1, -0.05) is 0 Å². The number of hydrogen-bond acceptors (Lipinski definition) is 5. The zero-order chi connectivity index (χ0) is 20.2. The molecule has 0 saturated carbocycles. The highest BCUT2D eigenvalue weighted by atomic mass is 19.4. The summed E-state index contributed by atoms with van der Waals surface area (Å²) in [6, 6.07) is 0. The summed E-state index contributed by atoms with van der Waals surface area (Å²) in [5.41, 5.74) is 0.775. The molecule has 9 heteroatoms. The van der Waals surface area contributed by atoms with E-state index in [-0.39, 0.29) is 24.7 Å². The third-order valence-electron chi connectivity index (χ3n) is 4.94. The third kappa shape index (κ3) is 5.38. The number of carboxylic acid groups (broad SMARTS) is 1. The van der Waals surface area contributed by atoms with Gasteiger partial charge in [-0.3, -0.25) is 4.90 Å². The molecule has 0 spiro atoms. The second-order valence-corrected chi connectivity index (χ2v) is 6.84. The molecule has 0 bridgehead atoms. The van der Waals surface area contributed by atoms with Crippen molar-refractivity contribution in [2.45, 2.75) is 39.0 Å². The van der Waals surface area contributed by atoms with Gasteiger partial charge < -0.3 is 19.6 Å². The molecule has 0 aliphatic carbocycles. The first-order chi connectivity index (χ1) is 12.7. The van der Waals surface area contributed by atoms with Gasteiger partial charge in [-0.2, -0.15) is 13.2 Å². The van der Waals surface area contributed by atoms with Crippen molar-refractivity contribution in [2.24, 2.45) is 0 Å². The van der Waals surface area contributed by atoms with E-state index in [2.05, 4.69) is 4.90 Å². The second kappa shape index (κ2) is 8.97. The molecule has 1 saturated heterocycles. The molecule has 0 radical (unpaired) electrons. The highest BCUT2D eigenvalue weighted by Crippen LogP contribution is 2.32. The topological polar surface area (TPSA) is 56.3 Å². The normalized spacial score (nSPS) is 22.1. The van der Waals surface area contributed by atoms with Gasteiger partial charge in [-0.25, -0.2) is 4.79 Å². The molecule has 0 aromatic carbocycles. The molecule has 2 rings (SSSR count). The first-order valence-electron chi connectivity index (χ1n) is 9.18. The van der Waals surface area contributed by atoms with Crippen LogP contribution < -0.4 is 0 Å². The van der Waals surface area contributed by atoms with Crippen LogP contribution in [0, 0.1) is 0 Å². The van der Waals surface area contributed by atoms with Crippen molar-refractivity contribution in [1.29, 1.82) is 0 Å². The largest absolute Gasteiger partial charge is 0.478 e. The van der Waals surface area contributed by atoms with Crippen LogP contribution in [0.3, 0.4) is 0 Å². The Kier molecular flexibility index (Phi) is 7.16. The van der Waals surface area contributed by atoms with Gasteiger partial charge >= 0.3 is 12.1 Å². The van der Waals surface area contributed by atoms with E-state index in [4.69, 9.17) is 4.74 Å². The lowest BCUT2D eigenvalue weighted by molar-refractivity contribution is -0.137. The van der Waals surface area contributed by atoms with E-state index in [0.29, 0.717) is 44.2 Å². The fraction of sp³-hybridized carbons (Fsp3) is 0.722. The maximum absolute atomic E-state index is 12.7. The van der Waals surface area contributed by atoms with Crippen LogP contribution >= 0.6 is 0 Å². The van der Waals surface area contributed by atoms with E-state index in [9.17, 15) is 23.1 Å². The highest BCUT2D eigenvalue weighted by Gasteiger charge is 2.36. The number of morpholine rings is 1. The molecule has 27 heavy (non-hydrogen) atoms. The molecule has 154 valence electrons. The zero-order valence-electron chi connectivity index (χ0n) is 16.1. The number of nitrogens with zero attached hydrogens (tertiary/aromatic N) is 3. The first-order valence-corrected chi connectivity index (χ1v) is 9.18. The fourth-order valence-electron chi connectivity index (χ4n) is 3.50. The Balaban J connectivity index is 2.39. The van der Waals surface area contributed by atoms with Crippen LogP contribution in [0.2, 0.25) is 0 Å². The van der Waals surface area contributed by atoms with Crippen molar-refractivity contribution in [3.05, 3.63) is 23.0 Å². The minimum atomic E-state index is -4.23. The molecule has 1 fully saturated rings. The number of carbonyl (C=O) groups is 1. The van der Waals surface area contributed by atoms with Crippen molar-refractivity contribution < 1.29 is 27.8 Å². The zero-order valence-corrected chi connectivity index (χ0v) is 16.1. The van der Waals surface area contributed by atoms with Crippen molar-refractivity contribution in [3.63, 3.8) is 0 Å². The molecule has 0 aromatic heterocycles. The van der Waals surface area contributed by atoms with Gasteiger partial charge in [0.1, 0.15) is 17.6 Å². The van der Waals surface area contributed by atoms with E-state index >= 15 is 0 Å². The SMILES string of the molecule is CCN(C)C1=C(C(=O)O)C(C)=CC(N2CCOCC2)N1CCCC(F)(F)F. The Labute approximate surface area is 157 Å². The van der Waals surface area contributed by atoms with Gasteiger partial charge in [0.15, 0.2) is 0 Å². The van der Waals surface area contributed by atoms with E-state index < -0.39 is 18.6 Å². The lowest BCUT2D eigenvalue weighted by atomic mass is 10.00. The Morgan fingerprint density at radius 3 is 2.52 bits per heavy atom. The Morgan fingerprint density at radius 1 is 1.37 bits per heavy atom. The predicted molar refractivity (Wildman–Crippen MR) is 94.9 cm³/mol. The summed E-state index contributed by atoms with van der Waals surface area (Å²) in [4.78, 5) is 17.6. The van der Waals surface area contributed by atoms with Crippen LogP contribution in [-0.2, 0) is 9.53 Å². The molecule has 2 heterocycles. The molecule has 2 aliphatic heterocycles. The number of aliphatic carboxylic acids is 1. The highest BCUT2D eigenvalue weighted by molar-refractivity contribution is 5.92. The first kappa shape index (κ1) is 21.6. The molecule has 2 aliphatic rings. The van der Waals surface area contributed by atoms with Crippen LogP contribution in [0.25, 0.3) is 0 Å². The lowest BCUT2D eigenvalue weighted by Gasteiger charge is -2.47. The molecule has 6 nitrogen and oxygen atoms in total. The van der Waals surface area contributed by atoms with Crippen LogP contribution in [0.4, 0.5) is 13.2 Å². The molecule has 1 atom stereocenters. The second-order valence-electron chi connectivity index (χ2n) is 6.84. The van der Waals surface area contributed by atoms with Crippen molar-refractivity contribution in [1.82, 2.24) is 14.7 Å². The van der Waals surface area contributed by atoms with Crippen molar-refractivity contribution in [3.8, 4) is 0 Å². The molecule has 1 unspecified atom stereocenters. The Morgan fingerprint density at radius 2 is 2.00 bits per heavy atom. The Hall–Kier alpha value is -1.74. The molecular weight excluding hydrogens is 363 g/mol. The van der Waals surface area contributed by atoms with Gasteiger partial charge in [0.05, 0.1) is 13.2 Å². The van der Waals surface area contributed by atoms with E-state index in [1.165, 1.54) is 0 Å². The molecular formula is C18H28F3N3O3. The van der Waals surface area contributed by atoms with Crippen molar-refractivity contribution >= 4 is 5.97 Å². The summed E-state index contributed by atoms with van der Waals surface area (Å²) in [7, 11) is 1.77. The minimum Gasteiger partial charge on any atom is -0.478 e.